The lowest BCUT2D eigenvalue weighted by Crippen LogP contribution is -2.46. The van der Waals surface area contributed by atoms with Crippen molar-refractivity contribution in [3.8, 4) is 11.3 Å². The highest BCUT2D eigenvalue weighted by Gasteiger charge is 2.64. The highest BCUT2D eigenvalue weighted by atomic mass is 35.5. The van der Waals surface area contributed by atoms with E-state index in [9.17, 15) is 27.6 Å². The molecule has 1 saturated carbocycles. The molecule has 2 aliphatic rings. The van der Waals surface area contributed by atoms with Crippen LogP contribution < -0.4 is 5.32 Å². The van der Waals surface area contributed by atoms with Crippen LogP contribution in [0.3, 0.4) is 0 Å². The summed E-state index contributed by atoms with van der Waals surface area (Å²) in [6.45, 7) is 6.77. The number of pyridine rings is 2. The number of alkyl halides is 3. The van der Waals surface area contributed by atoms with Crippen molar-refractivity contribution in [3.63, 3.8) is 0 Å². The minimum absolute atomic E-state index is 0.159. The van der Waals surface area contributed by atoms with Gasteiger partial charge in [0, 0.05) is 41.1 Å². The van der Waals surface area contributed by atoms with Crippen LogP contribution >= 0.6 is 11.6 Å². The SMILES string of the molecule is CC(=O)c1cn(CC(=O)N2[C@H](C(=O)Nc3nc(C(F)(F)F)ccc3Cl)C[C@@]3(C)C[C@@H]23)c2c(C)nc(-c3cnc(C)nc3)cc12. The summed E-state index contributed by atoms with van der Waals surface area (Å²) in [7, 11) is 0. The van der Waals surface area contributed by atoms with Gasteiger partial charge in [-0.05, 0) is 57.2 Å². The van der Waals surface area contributed by atoms with Gasteiger partial charge >= 0.3 is 6.18 Å². The van der Waals surface area contributed by atoms with E-state index < -0.39 is 29.6 Å². The van der Waals surface area contributed by atoms with E-state index in [2.05, 4.69) is 20.3 Å². The Kier molecular flexibility index (Phi) is 6.99. The molecule has 5 heterocycles. The lowest BCUT2D eigenvalue weighted by atomic mass is 10.0. The molecule has 0 radical (unpaired) electrons. The molecule has 1 aliphatic heterocycles. The molecule has 0 bridgehead atoms. The van der Waals surface area contributed by atoms with E-state index in [1.54, 1.807) is 43.1 Å². The highest BCUT2D eigenvalue weighted by molar-refractivity contribution is 6.33. The first-order valence-electron chi connectivity index (χ1n) is 13.8. The molecule has 0 unspecified atom stereocenters. The maximum Gasteiger partial charge on any atom is 0.433 e. The molecule has 10 nitrogen and oxygen atoms in total. The van der Waals surface area contributed by atoms with Crippen LogP contribution in [0.25, 0.3) is 22.2 Å². The quantitative estimate of drug-likeness (QED) is 0.285. The second kappa shape index (κ2) is 10.4. The van der Waals surface area contributed by atoms with Gasteiger partial charge in [-0.2, -0.15) is 13.2 Å². The molecule has 0 spiro atoms. The Hall–Kier alpha value is -4.39. The third-order valence-corrected chi connectivity index (χ3v) is 8.70. The number of amides is 2. The molecule has 3 atom stereocenters. The van der Waals surface area contributed by atoms with Crippen LogP contribution in [-0.4, -0.2) is 59.1 Å². The largest absolute Gasteiger partial charge is 0.433 e. The molecule has 1 aliphatic carbocycles. The Morgan fingerprint density at radius 3 is 2.48 bits per heavy atom. The fourth-order valence-corrected chi connectivity index (χ4v) is 6.23. The Balaban J connectivity index is 1.30. The van der Waals surface area contributed by atoms with Crippen LogP contribution in [-0.2, 0) is 22.3 Å². The van der Waals surface area contributed by atoms with Gasteiger partial charge in [-0.25, -0.2) is 15.0 Å². The van der Waals surface area contributed by atoms with Crippen molar-refractivity contribution in [1.82, 2.24) is 29.4 Å². The van der Waals surface area contributed by atoms with E-state index in [1.807, 2.05) is 6.92 Å². The minimum atomic E-state index is -4.73. The van der Waals surface area contributed by atoms with Crippen LogP contribution in [0.15, 0.2) is 36.8 Å². The number of nitrogens with one attached hydrogen (secondary N) is 1. The second-order valence-corrected chi connectivity index (χ2v) is 12.1. The number of piperidine rings is 1. The van der Waals surface area contributed by atoms with E-state index in [4.69, 9.17) is 16.6 Å². The maximum absolute atomic E-state index is 13.9. The van der Waals surface area contributed by atoms with E-state index in [0.29, 0.717) is 52.1 Å². The molecule has 0 aromatic carbocycles. The van der Waals surface area contributed by atoms with Crippen molar-refractivity contribution in [2.45, 2.75) is 65.3 Å². The van der Waals surface area contributed by atoms with Gasteiger partial charge in [0.15, 0.2) is 11.6 Å². The Labute approximate surface area is 254 Å². The van der Waals surface area contributed by atoms with E-state index in [-0.39, 0.29) is 34.7 Å². The molecular weight excluding hydrogens is 599 g/mol. The first-order chi connectivity index (χ1) is 20.7. The zero-order valence-electron chi connectivity index (χ0n) is 24.2. The van der Waals surface area contributed by atoms with Crippen LogP contribution in [0.2, 0.25) is 5.02 Å². The van der Waals surface area contributed by atoms with Crippen molar-refractivity contribution >= 4 is 45.9 Å². The number of nitrogens with zero attached hydrogens (tertiary/aromatic N) is 6. The molecule has 2 amide bonds. The number of anilines is 1. The summed E-state index contributed by atoms with van der Waals surface area (Å²) in [6, 6.07) is 2.35. The fourth-order valence-electron chi connectivity index (χ4n) is 6.08. The number of rotatable bonds is 6. The maximum atomic E-state index is 13.9. The molecule has 6 rings (SSSR count). The average Bonchev–Trinajstić information content (AvgIpc) is 3.30. The number of carbonyl (C=O) groups excluding carboxylic acids is 3. The van der Waals surface area contributed by atoms with Gasteiger partial charge < -0.3 is 14.8 Å². The predicted octanol–water partition coefficient (Wildman–Crippen LogP) is 5.40. The van der Waals surface area contributed by atoms with Gasteiger partial charge in [-0.3, -0.25) is 19.4 Å². The summed E-state index contributed by atoms with van der Waals surface area (Å²) in [5, 5.41) is 2.86. The zero-order chi connectivity index (χ0) is 31.7. The number of halogens is 4. The summed E-state index contributed by atoms with van der Waals surface area (Å²) >= 11 is 6.05. The van der Waals surface area contributed by atoms with Crippen molar-refractivity contribution in [1.29, 1.82) is 0 Å². The molecular formula is C30H27ClF3N7O3. The lowest BCUT2D eigenvalue weighted by Gasteiger charge is -2.27. The number of aryl methyl sites for hydroxylation is 2. The average molecular weight is 626 g/mol. The molecule has 1 N–H and O–H groups in total. The van der Waals surface area contributed by atoms with Gasteiger partial charge in [-0.15, -0.1) is 0 Å². The Morgan fingerprint density at radius 2 is 1.82 bits per heavy atom. The van der Waals surface area contributed by atoms with Gasteiger partial charge in [0.1, 0.15) is 24.1 Å². The number of likely N-dealkylation sites (tertiary alicyclic amines) is 1. The molecule has 4 aromatic rings. The van der Waals surface area contributed by atoms with Crippen molar-refractivity contribution in [2.75, 3.05) is 5.32 Å². The first kappa shape index (κ1) is 29.7. The van der Waals surface area contributed by atoms with Gasteiger partial charge in [0.05, 0.1) is 21.9 Å². The van der Waals surface area contributed by atoms with Gasteiger partial charge in [0.2, 0.25) is 11.8 Å². The van der Waals surface area contributed by atoms with Crippen molar-refractivity contribution < 1.29 is 27.6 Å². The van der Waals surface area contributed by atoms with E-state index >= 15 is 0 Å². The molecule has 228 valence electrons. The molecule has 2 fully saturated rings. The topological polar surface area (TPSA) is 123 Å². The fraction of sp³-hybridized carbons (Fsp3) is 0.367. The summed E-state index contributed by atoms with van der Waals surface area (Å²) in [5.41, 5.74) is 1.34. The van der Waals surface area contributed by atoms with Crippen molar-refractivity contribution in [2.24, 2.45) is 5.41 Å². The monoisotopic (exact) mass is 625 g/mol. The highest BCUT2D eigenvalue weighted by Crippen LogP contribution is 2.59. The summed E-state index contributed by atoms with van der Waals surface area (Å²) in [6.07, 6.45) is 1.21. The number of hydrogen-bond acceptors (Lipinski definition) is 7. The van der Waals surface area contributed by atoms with Crippen LogP contribution in [0.1, 0.15) is 54.3 Å². The van der Waals surface area contributed by atoms with Crippen LogP contribution in [0, 0.1) is 19.3 Å². The molecule has 14 heteroatoms. The van der Waals surface area contributed by atoms with Crippen LogP contribution in [0.5, 0.6) is 0 Å². The standard InChI is InChI=1S/C30H27ClF3N7O3/c1-14-26-18(7-21(37-14)17-10-35-16(3)36-11-17)19(15(2)42)12-40(26)13-25(43)41-22(8-29(4)9-24(29)41)28(44)39-27-20(31)5-6-23(38-27)30(32,33)34/h5-7,10-12,22,24H,8-9,13H2,1-4H3,(H,38,39,44)/t22-,24+,29-/m0/s1. The number of ketones is 1. The number of Topliss-reactive ketones (excluding diaryl/α,β-unsaturated/α-hetero) is 1. The number of fused-ring (bicyclic) bond motifs is 2. The second-order valence-electron chi connectivity index (χ2n) is 11.6. The smallest absolute Gasteiger partial charge is 0.336 e. The van der Waals surface area contributed by atoms with E-state index in [1.165, 1.54) is 11.8 Å². The first-order valence-corrected chi connectivity index (χ1v) is 14.2. The minimum Gasteiger partial charge on any atom is -0.336 e. The summed E-state index contributed by atoms with van der Waals surface area (Å²) in [5.74, 6) is -1.07. The third-order valence-electron chi connectivity index (χ3n) is 8.39. The number of carbonyl (C=O) groups is 3. The molecule has 1 saturated heterocycles. The zero-order valence-corrected chi connectivity index (χ0v) is 24.9. The predicted molar refractivity (Wildman–Crippen MR) is 155 cm³/mol. The summed E-state index contributed by atoms with van der Waals surface area (Å²) < 4.78 is 41.3. The molecule has 4 aromatic heterocycles. The lowest BCUT2D eigenvalue weighted by molar-refractivity contribution is -0.141. The van der Waals surface area contributed by atoms with Gasteiger partial charge in [0.25, 0.3) is 0 Å². The van der Waals surface area contributed by atoms with E-state index in [0.717, 1.165) is 12.1 Å². The van der Waals surface area contributed by atoms with Crippen LogP contribution in [0.4, 0.5) is 19.0 Å². The number of hydrogen-bond donors (Lipinski definition) is 1. The van der Waals surface area contributed by atoms with Crippen molar-refractivity contribution in [3.05, 3.63) is 64.6 Å². The third kappa shape index (κ3) is 5.18. The number of aromatic nitrogens is 5. The Bertz CT molecular complexity index is 1860. The normalized spacial score (nSPS) is 21.0. The van der Waals surface area contributed by atoms with Gasteiger partial charge in [-0.1, -0.05) is 18.5 Å². The summed E-state index contributed by atoms with van der Waals surface area (Å²) in [4.78, 5) is 58.1. The molecule has 44 heavy (non-hydrogen) atoms. The Morgan fingerprint density at radius 1 is 1.11 bits per heavy atom.